The first kappa shape index (κ1) is 17.5. The Bertz CT molecular complexity index is 246. The Morgan fingerprint density at radius 3 is 2.28 bits per heavy atom. The minimum absolute atomic E-state index is 0.363. The second kappa shape index (κ2) is 11.6. The first-order chi connectivity index (χ1) is 8.61. The maximum atomic E-state index is 11.3. The van der Waals surface area contributed by atoms with E-state index in [1.807, 2.05) is 0 Å². The molecule has 0 rings (SSSR count). The molecule has 0 aliphatic carbocycles. The Morgan fingerprint density at radius 2 is 1.67 bits per heavy atom. The van der Waals surface area contributed by atoms with Gasteiger partial charge in [0.25, 0.3) is 0 Å². The Labute approximate surface area is 118 Å². The molecule has 0 bridgehead atoms. The molecular weight excluding hydrogens is 279 g/mol. The highest BCUT2D eigenvalue weighted by atomic mass is 35.5. The van der Waals surface area contributed by atoms with Crippen molar-refractivity contribution < 1.29 is 19.4 Å². The van der Waals surface area contributed by atoms with E-state index in [9.17, 15) is 9.59 Å². The molecule has 1 atom stereocenters. The van der Waals surface area contributed by atoms with Crippen molar-refractivity contribution in [3.63, 3.8) is 0 Å². The van der Waals surface area contributed by atoms with Crippen molar-refractivity contribution in [1.29, 1.82) is 0 Å². The SMILES string of the molecule is CCCCCCCCC(Cl)C(=O)OOC(=O)CCl. The zero-order valence-electron chi connectivity index (χ0n) is 10.6. The summed E-state index contributed by atoms with van der Waals surface area (Å²) in [4.78, 5) is 30.3. The number of hydrogen-bond acceptors (Lipinski definition) is 4. The second-order valence-electron chi connectivity index (χ2n) is 4.02. The number of halogens is 2. The average Bonchev–Trinajstić information content (AvgIpc) is 2.39. The lowest BCUT2D eigenvalue weighted by molar-refractivity contribution is -0.256. The Kier molecular flexibility index (Phi) is 11.3. The number of carbonyl (C=O) groups is 2. The van der Waals surface area contributed by atoms with Gasteiger partial charge in [0.05, 0.1) is 0 Å². The molecule has 18 heavy (non-hydrogen) atoms. The summed E-state index contributed by atoms with van der Waals surface area (Å²) < 4.78 is 0. The topological polar surface area (TPSA) is 52.6 Å². The van der Waals surface area contributed by atoms with Crippen LogP contribution in [0.5, 0.6) is 0 Å². The van der Waals surface area contributed by atoms with Crippen LogP contribution in [-0.4, -0.2) is 23.2 Å². The molecule has 0 amide bonds. The van der Waals surface area contributed by atoms with Gasteiger partial charge in [-0.05, 0) is 6.42 Å². The summed E-state index contributed by atoms with van der Waals surface area (Å²) in [6.45, 7) is 2.16. The first-order valence-corrected chi connectivity index (χ1v) is 7.20. The number of carbonyl (C=O) groups excluding carboxylic acids is 2. The Hall–Kier alpha value is -0.480. The highest BCUT2D eigenvalue weighted by Crippen LogP contribution is 2.13. The zero-order chi connectivity index (χ0) is 13.8. The van der Waals surface area contributed by atoms with Gasteiger partial charge < -0.3 is 0 Å². The maximum absolute atomic E-state index is 11.3. The van der Waals surface area contributed by atoms with Gasteiger partial charge in [-0.25, -0.2) is 19.4 Å². The number of hydrogen-bond donors (Lipinski definition) is 0. The van der Waals surface area contributed by atoms with Crippen LogP contribution >= 0.6 is 23.2 Å². The Balaban J connectivity index is 3.53. The molecule has 0 fully saturated rings. The van der Waals surface area contributed by atoms with Crippen LogP contribution in [0, 0.1) is 0 Å². The van der Waals surface area contributed by atoms with Gasteiger partial charge >= 0.3 is 11.9 Å². The van der Waals surface area contributed by atoms with Gasteiger partial charge in [0, 0.05) is 0 Å². The van der Waals surface area contributed by atoms with Crippen LogP contribution in [0.4, 0.5) is 0 Å². The molecule has 0 N–H and O–H groups in total. The van der Waals surface area contributed by atoms with Gasteiger partial charge in [0.15, 0.2) is 0 Å². The lowest BCUT2D eigenvalue weighted by Gasteiger charge is -2.07. The van der Waals surface area contributed by atoms with Crippen LogP contribution in [0.3, 0.4) is 0 Å². The molecule has 6 heteroatoms. The van der Waals surface area contributed by atoms with Gasteiger partial charge in [-0.1, -0.05) is 45.4 Å². The van der Waals surface area contributed by atoms with Crippen molar-refractivity contribution in [1.82, 2.24) is 0 Å². The van der Waals surface area contributed by atoms with Crippen LogP contribution < -0.4 is 0 Å². The molecule has 0 heterocycles. The monoisotopic (exact) mass is 298 g/mol. The largest absolute Gasteiger partial charge is 0.373 e. The lowest BCUT2D eigenvalue weighted by Crippen LogP contribution is -2.20. The normalized spacial score (nSPS) is 11.9. The van der Waals surface area contributed by atoms with E-state index in [2.05, 4.69) is 16.7 Å². The van der Waals surface area contributed by atoms with Crippen LogP contribution in [0.25, 0.3) is 0 Å². The van der Waals surface area contributed by atoms with Crippen molar-refractivity contribution in [2.75, 3.05) is 5.88 Å². The molecule has 1 unspecified atom stereocenters. The highest BCUT2D eigenvalue weighted by molar-refractivity contribution is 6.29. The van der Waals surface area contributed by atoms with Crippen LogP contribution in [0.15, 0.2) is 0 Å². The van der Waals surface area contributed by atoms with E-state index >= 15 is 0 Å². The average molecular weight is 299 g/mol. The van der Waals surface area contributed by atoms with E-state index < -0.39 is 17.3 Å². The summed E-state index contributed by atoms with van der Waals surface area (Å²) in [6.07, 6.45) is 7.21. The van der Waals surface area contributed by atoms with E-state index in [1.165, 1.54) is 19.3 Å². The highest BCUT2D eigenvalue weighted by Gasteiger charge is 2.19. The van der Waals surface area contributed by atoms with Crippen LogP contribution in [0.1, 0.15) is 51.9 Å². The molecule has 0 saturated heterocycles. The number of rotatable bonds is 9. The molecule has 0 aromatic rings. The molecule has 0 spiro atoms. The third-order valence-corrected chi connectivity index (χ3v) is 3.01. The van der Waals surface area contributed by atoms with Gasteiger partial charge in [-0.3, -0.25) is 0 Å². The van der Waals surface area contributed by atoms with E-state index in [0.29, 0.717) is 6.42 Å². The minimum atomic E-state index is -0.812. The standard InChI is InChI=1S/C12H20Cl2O4/c1-2-3-4-5-6-7-8-10(14)12(16)18-17-11(15)9-13/h10H,2-9H2,1H3. The smallest absolute Gasteiger partial charge is 0.246 e. The summed E-state index contributed by atoms with van der Waals surface area (Å²) in [5.41, 5.74) is 0. The molecule has 0 radical (unpaired) electrons. The summed E-state index contributed by atoms with van der Waals surface area (Å²) in [5, 5.41) is -0.778. The van der Waals surface area contributed by atoms with Crippen molar-refractivity contribution in [3.05, 3.63) is 0 Å². The van der Waals surface area contributed by atoms with Crippen molar-refractivity contribution in [3.8, 4) is 0 Å². The van der Waals surface area contributed by atoms with Gasteiger partial charge in [-0.2, -0.15) is 0 Å². The third-order valence-electron chi connectivity index (χ3n) is 2.39. The van der Waals surface area contributed by atoms with Crippen molar-refractivity contribution >= 4 is 35.1 Å². The van der Waals surface area contributed by atoms with E-state index in [-0.39, 0.29) is 5.88 Å². The predicted octanol–water partition coefficient (Wildman–Crippen LogP) is 3.58. The quantitative estimate of drug-likeness (QED) is 0.282. The maximum Gasteiger partial charge on any atom is 0.373 e. The van der Waals surface area contributed by atoms with Crippen LogP contribution in [-0.2, 0) is 19.4 Å². The molecule has 4 nitrogen and oxygen atoms in total. The summed E-state index contributed by atoms with van der Waals surface area (Å²) in [6, 6.07) is 0. The summed E-state index contributed by atoms with van der Waals surface area (Å²) in [7, 11) is 0. The zero-order valence-corrected chi connectivity index (χ0v) is 12.1. The molecule has 0 aliphatic heterocycles. The van der Waals surface area contributed by atoms with E-state index in [0.717, 1.165) is 19.3 Å². The van der Waals surface area contributed by atoms with Crippen molar-refractivity contribution in [2.24, 2.45) is 0 Å². The van der Waals surface area contributed by atoms with Gasteiger partial charge in [0.2, 0.25) is 0 Å². The minimum Gasteiger partial charge on any atom is -0.246 e. The fraction of sp³-hybridized carbons (Fsp3) is 0.833. The Morgan fingerprint density at radius 1 is 1.06 bits per heavy atom. The fourth-order valence-electron chi connectivity index (χ4n) is 1.38. The molecular formula is C12H20Cl2O4. The molecule has 0 aromatic heterocycles. The van der Waals surface area contributed by atoms with Crippen LogP contribution in [0.2, 0.25) is 0 Å². The number of alkyl halides is 2. The number of unbranched alkanes of at least 4 members (excludes halogenated alkanes) is 5. The molecule has 0 saturated carbocycles. The summed E-state index contributed by atoms with van der Waals surface area (Å²) >= 11 is 11.0. The third kappa shape index (κ3) is 9.54. The molecule has 0 aromatic carbocycles. The predicted molar refractivity (Wildman–Crippen MR) is 70.5 cm³/mol. The molecule has 106 valence electrons. The lowest BCUT2D eigenvalue weighted by atomic mass is 10.1. The van der Waals surface area contributed by atoms with E-state index in [1.54, 1.807) is 0 Å². The summed E-state index contributed by atoms with van der Waals surface area (Å²) in [5.74, 6) is -1.92. The second-order valence-corrected chi connectivity index (χ2v) is 4.81. The molecule has 0 aliphatic rings. The fourth-order valence-corrected chi connectivity index (χ4v) is 1.62. The van der Waals surface area contributed by atoms with Gasteiger partial charge in [0.1, 0.15) is 11.3 Å². The first-order valence-electron chi connectivity index (χ1n) is 6.23. The van der Waals surface area contributed by atoms with Gasteiger partial charge in [-0.15, -0.1) is 23.2 Å². The van der Waals surface area contributed by atoms with E-state index in [4.69, 9.17) is 23.2 Å². The van der Waals surface area contributed by atoms with Crippen molar-refractivity contribution in [2.45, 2.75) is 57.2 Å².